The fraction of sp³-hybridized carbons (Fsp3) is 0.455. The average molecular weight is 444 g/mol. The van der Waals surface area contributed by atoms with E-state index in [1.54, 1.807) is 38.2 Å². The van der Waals surface area contributed by atoms with E-state index in [9.17, 15) is 14.4 Å². The number of aromatic nitrogens is 2. The van der Waals surface area contributed by atoms with Crippen LogP contribution in [0.5, 0.6) is 0 Å². The minimum atomic E-state index is -1.09. The summed E-state index contributed by atoms with van der Waals surface area (Å²) < 4.78 is 1.45. The molecule has 4 rings (SSSR count). The van der Waals surface area contributed by atoms with E-state index in [1.807, 2.05) is 0 Å². The summed E-state index contributed by atoms with van der Waals surface area (Å²) in [6, 6.07) is 8.46. The Hall–Kier alpha value is -2.87. The standard InChI is InChI=1S/C22H26ClN5O3/c1-22(21(31)24-14-8-4-3-5-9-14)13-28-18(20(30)27(22)2)12-17(26-28)19(29)25-16-11-7-6-10-15(16)23/h6-7,10-12,14H,3-5,8-9,13H2,1-2H3,(H,24,31)(H,25,29)/t22-/m1/s1. The number of benzene rings is 1. The summed E-state index contributed by atoms with van der Waals surface area (Å²) in [5.41, 5.74) is -0.270. The third-order valence-corrected chi connectivity index (χ3v) is 6.62. The van der Waals surface area contributed by atoms with Crippen LogP contribution in [0.4, 0.5) is 5.69 Å². The number of likely N-dealkylation sites (N-methyl/N-ethyl adjacent to an activating group) is 1. The van der Waals surface area contributed by atoms with Crippen LogP contribution in [0, 0.1) is 0 Å². The topological polar surface area (TPSA) is 96.3 Å². The number of nitrogens with zero attached hydrogens (tertiary/aromatic N) is 3. The Morgan fingerprint density at radius 2 is 1.90 bits per heavy atom. The van der Waals surface area contributed by atoms with E-state index in [-0.39, 0.29) is 35.8 Å². The second-order valence-corrected chi connectivity index (χ2v) is 8.86. The summed E-state index contributed by atoms with van der Waals surface area (Å²) in [6.07, 6.45) is 5.31. The first kappa shape index (κ1) is 21.4. The molecule has 9 heteroatoms. The molecule has 164 valence electrons. The van der Waals surface area contributed by atoms with Crippen molar-refractivity contribution in [3.8, 4) is 0 Å². The molecule has 2 aromatic rings. The zero-order chi connectivity index (χ0) is 22.2. The molecule has 0 radical (unpaired) electrons. The van der Waals surface area contributed by atoms with Gasteiger partial charge >= 0.3 is 0 Å². The van der Waals surface area contributed by atoms with Crippen molar-refractivity contribution in [2.24, 2.45) is 0 Å². The summed E-state index contributed by atoms with van der Waals surface area (Å²) in [4.78, 5) is 40.3. The largest absolute Gasteiger partial charge is 0.351 e. The molecule has 8 nitrogen and oxygen atoms in total. The fourth-order valence-electron chi connectivity index (χ4n) is 4.17. The summed E-state index contributed by atoms with van der Waals surface area (Å²) in [5, 5.41) is 10.5. The van der Waals surface area contributed by atoms with Crippen molar-refractivity contribution < 1.29 is 14.4 Å². The Morgan fingerprint density at radius 1 is 1.19 bits per heavy atom. The van der Waals surface area contributed by atoms with Gasteiger partial charge in [-0.3, -0.25) is 19.1 Å². The average Bonchev–Trinajstić information content (AvgIpc) is 3.18. The van der Waals surface area contributed by atoms with Gasteiger partial charge in [-0.2, -0.15) is 5.10 Å². The molecule has 1 aromatic heterocycles. The van der Waals surface area contributed by atoms with Gasteiger partial charge in [-0.05, 0) is 31.9 Å². The van der Waals surface area contributed by atoms with Crippen LogP contribution in [0.2, 0.25) is 5.02 Å². The number of hydrogen-bond acceptors (Lipinski definition) is 4. The van der Waals surface area contributed by atoms with E-state index in [2.05, 4.69) is 15.7 Å². The number of para-hydroxylation sites is 1. The summed E-state index contributed by atoms with van der Waals surface area (Å²) in [6.45, 7) is 1.90. The summed E-state index contributed by atoms with van der Waals surface area (Å²) in [5.74, 6) is -1.02. The second kappa shape index (κ2) is 8.34. The first-order valence-electron chi connectivity index (χ1n) is 10.5. The number of carbonyl (C=O) groups is 3. The highest BCUT2D eigenvalue weighted by molar-refractivity contribution is 6.33. The summed E-state index contributed by atoms with van der Waals surface area (Å²) >= 11 is 6.11. The van der Waals surface area contributed by atoms with Crippen LogP contribution in [0.15, 0.2) is 30.3 Å². The lowest BCUT2D eigenvalue weighted by molar-refractivity contribution is -0.133. The fourth-order valence-corrected chi connectivity index (χ4v) is 4.36. The first-order chi connectivity index (χ1) is 14.8. The van der Waals surface area contributed by atoms with Crippen molar-refractivity contribution in [1.82, 2.24) is 20.0 Å². The molecule has 2 N–H and O–H groups in total. The van der Waals surface area contributed by atoms with Gasteiger partial charge in [0, 0.05) is 19.2 Å². The van der Waals surface area contributed by atoms with Crippen molar-refractivity contribution in [1.29, 1.82) is 0 Å². The maximum Gasteiger partial charge on any atom is 0.276 e. The third kappa shape index (κ3) is 4.04. The van der Waals surface area contributed by atoms with Crippen molar-refractivity contribution in [2.75, 3.05) is 12.4 Å². The number of amides is 3. The second-order valence-electron chi connectivity index (χ2n) is 8.45. The maximum atomic E-state index is 13.1. The summed E-state index contributed by atoms with van der Waals surface area (Å²) in [7, 11) is 1.61. The van der Waals surface area contributed by atoms with E-state index in [4.69, 9.17) is 11.6 Å². The molecule has 1 atom stereocenters. The molecular weight excluding hydrogens is 418 g/mol. The SMILES string of the molecule is CN1C(=O)c2cc(C(=O)Nc3ccccc3Cl)nn2C[C@]1(C)C(=O)NC1CCCCC1. The lowest BCUT2D eigenvalue weighted by Crippen LogP contribution is -2.63. The Morgan fingerprint density at radius 3 is 2.61 bits per heavy atom. The molecule has 3 amide bonds. The number of hydrogen-bond donors (Lipinski definition) is 2. The van der Waals surface area contributed by atoms with Gasteiger partial charge in [-0.25, -0.2) is 0 Å². The number of nitrogens with one attached hydrogen (secondary N) is 2. The molecule has 0 spiro atoms. The zero-order valence-electron chi connectivity index (χ0n) is 17.7. The maximum absolute atomic E-state index is 13.1. The Kier molecular flexibility index (Phi) is 5.75. The highest BCUT2D eigenvalue weighted by Crippen LogP contribution is 2.28. The van der Waals surface area contributed by atoms with Crippen LogP contribution in [-0.4, -0.2) is 51.0 Å². The molecule has 31 heavy (non-hydrogen) atoms. The molecule has 1 aliphatic heterocycles. The molecule has 1 aromatic carbocycles. The predicted molar refractivity (Wildman–Crippen MR) is 117 cm³/mol. The van der Waals surface area contributed by atoms with Crippen LogP contribution >= 0.6 is 11.6 Å². The van der Waals surface area contributed by atoms with Crippen LogP contribution in [-0.2, 0) is 11.3 Å². The van der Waals surface area contributed by atoms with E-state index >= 15 is 0 Å². The first-order valence-corrected chi connectivity index (χ1v) is 10.9. The zero-order valence-corrected chi connectivity index (χ0v) is 18.4. The molecule has 1 saturated carbocycles. The normalized spacial score (nSPS) is 21.5. The predicted octanol–water partition coefficient (Wildman–Crippen LogP) is 3.08. The van der Waals surface area contributed by atoms with Gasteiger partial charge in [0.2, 0.25) is 5.91 Å². The van der Waals surface area contributed by atoms with E-state index in [1.165, 1.54) is 22.1 Å². The molecule has 0 unspecified atom stereocenters. The highest BCUT2D eigenvalue weighted by Gasteiger charge is 2.46. The molecule has 2 heterocycles. The van der Waals surface area contributed by atoms with Gasteiger partial charge in [-0.15, -0.1) is 0 Å². The molecule has 0 saturated heterocycles. The number of carbonyl (C=O) groups excluding carboxylic acids is 3. The minimum Gasteiger partial charge on any atom is -0.351 e. The molecule has 2 aliphatic rings. The molecule has 0 bridgehead atoms. The van der Waals surface area contributed by atoms with Gasteiger partial charge in [0.05, 0.1) is 17.3 Å². The highest BCUT2D eigenvalue weighted by atomic mass is 35.5. The smallest absolute Gasteiger partial charge is 0.276 e. The van der Waals surface area contributed by atoms with Crippen LogP contribution < -0.4 is 10.6 Å². The van der Waals surface area contributed by atoms with Gasteiger partial charge in [0.15, 0.2) is 5.69 Å². The van der Waals surface area contributed by atoms with Crippen molar-refractivity contribution >= 4 is 35.0 Å². The van der Waals surface area contributed by atoms with Gasteiger partial charge in [0.25, 0.3) is 11.8 Å². The molecule has 1 aliphatic carbocycles. The Labute approximate surface area is 185 Å². The van der Waals surface area contributed by atoms with Crippen LogP contribution in [0.3, 0.4) is 0 Å². The van der Waals surface area contributed by atoms with Crippen LogP contribution in [0.25, 0.3) is 0 Å². The lowest BCUT2D eigenvalue weighted by atomic mass is 9.92. The third-order valence-electron chi connectivity index (χ3n) is 6.29. The van der Waals surface area contributed by atoms with Gasteiger partial charge in [-0.1, -0.05) is 43.0 Å². The van der Waals surface area contributed by atoms with E-state index < -0.39 is 11.4 Å². The van der Waals surface area contributed by atoms with Crippen LogP contribution in [0.1, 0.15) is 60.0 Å². The van der Waals surface area contributed by atoms with Gasteiger partial charge < -0.3 is 15.5 Å². The molecular formula is C22H26ClN5O3. The number of fused-ring (bicyclic) bond motifs is 1. The minimum absolute atomic E-state index is 0.0913. The van der Waals surface area contributed by atoms with Crippen molar-refractivity contribution in [3.05, 3.63) is 46.7 Å². The van der Waals surface area contributed by atoms with E-state index in [0.717, 1.165) is 25.7 Å². The number of anilines is 1. The quantitative estimate of drug-likeness (QED) is 0.758. The van der Waals surface area contributed by atoms with Crippen molar-refractivity contribution in [2.45, 2.75) is 57.2 Å². The Bertz CT molecular complexity index is 1030. The molecule has 1 fully saturated rings. The Balaban J connectivity index is 1.54. The monoisotopic (exact) mass is 443 g/mol. The van der Waals surface area contributed by atoms with Crippen molar-refractivity contribution in [3.63, 3.8) is 0 Å². The number of halogens is 1. The lowest BCUT2D eigenvalue weighted by Gasteiger charge is -2.41. The van der Waals surface area contributed by atoms with Gasteiger partial charge in [0.1, 0.15) is 11.2 Å². The number of rotatable bonds is 4. The van der Waals surface area contributed by atoms with E-state index in [0.29, 0.717) is 10.7 Å².